The van der Waals surface area contributed by atoms with Gasteiger partial charge in [0.1, 0.15) is 0 Å². The van der Waals surface area contributed by atoms with Gasteiger partial charge in [-0.1, -0.05) is 64.4 Å². The van der Waals surface area contributed by atoms with E-state index < -0.39 is 0 Å². The summed E-state index contributed by atoms with van der Waals surface area (Å²) in [6, 6.07) is 10.2. The van der Waals surface area contributed by atoms with Crippen molar-refractivity contribution in [2.45, 2.75) is 53.4 Å². The van der Waals surface area contributed by atoms with Crippen LogP contribution < -0.4 is 11.1 Å². The van der Waals surface area contributed by atoms with E-state index in [0.717, 1.165) is 38.8 Å². The maximum Gasteiger partial charge on any atom is 0.223 e. The molecule has 3 heteroatoms. The lowest BCUT2D eigenvalue weighted by Gasteiger charge is -2.20. The van der Waals surface area contributed by atoms with E-state index in [9.17, 15) is 4.79 Å². The fourth-order valence-electron chi connectivity index (χ4n) is 2.29. The van der Waals surface area contributed by atoms with Crippen LogP contribution in [0.2, 0.25) is 0 Å². The van der Waals surface area contributed by atoms with Crippen molar-refractivity contribution in [3.05, 3.63) is 35.9 Å². The molecule has 1 atom stereocenters. The van der Waals surface area contributed by atoms with Gasteiger partial charge in [0.2, 0.25) is 5.91 Å². The van der Waals surface area contributed by atoms with Crippen LogP contribution in [-0.2, 0) is 11.2 Å². The molecule has 130 valence electrons. The number of carbonyl (C=O) groups excluding carboxylic acids is 1. The molecule has 0 saturated heterocycles. The highest BCUT2D eigenvalue weighted by atomic mass is 16.1. The van der Waals surface area contributed by atoms with E-state index in [1.165, 1.54) is 5.56 Å². The third-order valence-corrected chi connectivity index (χ3v) is 3.62. The number of hydrogen-bond donors (Lipinski definition) is 2. The van der Waals surface area contributed by atoms with E-state index in [-0.39, 0.29) is 14.7 Å². The predicted octanol–water partition coefficient (Wildman–Crippen LogP) is 4.26. The molecule has 1 aromatic rings. The Hall–Kier alpha value is -1.35. The molecule has 0 aromatic heterocycles. The first-order valence-electron chi connectivity index (χ1n) is 8.67. The first-order chi connectivity index (χ1) is 10.6. The SMILES string of the molecule is CC.CC(C)[C@@H](Cc1ccccc1)C(=O)NCCCCCN.[HH].[HH]. The Labute approximate surface area is 139 Å². The highest BCUT2D eigenvalue weighted by Crippen LogP contribution is 2.17. The molecule has 3 N–H and O–H groups in total. The summed E-state index contributed by atoms with van der Waals surface area (Å²) in [6.07, 6.45) is 3.95. The summed E-state index contributed by atoms with van der Waals surface area (Å²) >= 11 is 0. The Bertz CT molecular complexity index is 386. The summed E-state index contributed by atoms with van der Waals surface area (Å²) < 4.78 is 0. The molecule has 0 fully saturated rings. The van der Waals surface area contributed by atoms with Crippen LogP contribution >= 0.6 is 0 Å². The zero-order valence-electron chi connectivity index (χ0n) is 14.8. The van der Waals surface area contributed by atoms with Crippen molar-refractivity contribution >= 4 is 5.91 Å². The Morgan fingerprint density at radius 2 is 1.77 bits per heavy atom. The summed E-state index contributed by atoms with van der Waals surface area (Å²) in [4.78, 5) is 12.3. The number of unbranched alkanes of at least 4 members (excludes halogenated alkanes) is 2. The molecule has 0 saturated carbocycles. The molecule has 0 radical (unpaired) electrons. The van der Waals surface area contributed by atoms with Crippen molar-refractivity contribution in [1.82, 2.24) is 5.32 Å². The second kappa shape index (κ2) is 13.3. The zero-order chi connectivity index (χ0) is 16.8. The van der Waals surface area contributed by atoms with Crippen LogP contribution in [0.15, 0.2) is 30.3 Å². The molecule has 0 heterocycles. The highest BCUT2D eigenvalue weighted by Gasteiger charge is 2.21. The summed E-state index contributed by atoms with van der Waals surface area (Å²) in [5, 5.41) is 3.06. The van der Waals surface area contributed by atoms with Crippen molar-refractivity contribution in [3.8, 4) is 0 Å². The molecule has 0 aliphatic heterocycles. The minimum Gasteiger partial charge on any atom is -0.356 e. The van der Waals surface area contributed by atoms with Crippen molar-refractivity contribution in [2.75, 3.05) is 13.1 Å². The molecule has 1 aromatic carbocycles. The molecule has 1 amide bonds. The average molecular weight is 311 g/mol. The number of nitrogens with two attached hydrogens (primary N) is 1. The van der Waals surface area contributed by atoms with Gasteiger partial charge in [-0.15, -0.1) is 0 Å². The average Bonchev–Trinajstić information content (AvgIpc) is 2.55. The van der Waals surface area contributed by atoms with E-state index in [0.29, 0.717) is 5.92 Å². The minimum atomic E-state index is 0. The van der Waals surface area contributed by atoms with Crippen molar-refractivity contribution in [2.24, 2.45) is 17.6 Å². The standard InChI is InChI=1S/C17H28N2O.C2H6.2H2/c1-14(2)16(13-15-9-5-3-6-10-15)17(20)19-12-8-4-7-11-18;1-2;;/h3,5-6,9-10,14,16H,4,7-8,11-13,18H2,1-2H3,(H,19,20);1-2H3;2*1H/t16-;;;/m1.../s1. The number of amides is 1. The van der Waals surface area contributed by atoms with Gasteiger partial charge >= 0.3 is 0 Å². The zero-order valence-corrected chi connectivity index (χ0v) is 14.8. The molecule has 0 bridgehead atoms. The highest BCUT2D eigenvalue weighted by molar-refractivity contribution is 5.79. The Morgan fingerprint density at radius 3 is 2.32 bits per heavy atom. The van der Waals surface area contributed by atoms with E-state index in [2.05, 4.69) is 31.3 Å². The second-order valence-electron chi connectivity index (χ2n) is 5.68. The number of nitrogens with one attached hydrogen (secondary N) is 1. The van der Waals surface area contributed by atoms with Crippen LogP contribution in [0, 0.1) is 11.8 Å². The largest absolute Gasteiger partial charge is 0.356 e. The van der Waals surface area contributed by atoms with Gasteiger partial charge in [0.25, 0.3) is 0 Å². The second-order valence-corrected chi connectivity index (χ2v) is 5.68. The fourth-order valence-corrected chi connectivity index (χ4v) is 2.29. The van der Waals surface area contributed by atoms with Gasteiger partial charge in [0.15, 0.2) is 0 Å². The molecular formula is C19H38N2O. The molecule has 22 heavy (non-hydrogen) atoms. The Morgan fingerprint density at radius 1 is 1.14 bits per heavy atom. The number of carbonyl (C=O) groups is 1. The van der Waals surface area contributed by atoms with Crippen LogP contribution in [-0.4, -0.2) is 19.0 Å². The van der Waals surface area contributed by atoms with Gasteiger partial charge in [0.05, 0.1) is 0 Å². The van der Waals surface area contributed by atoms with E-state index in [1.54, 1.807) is 0 Å². The maximum absolute atomic E-state index is 12.3. The lowest BCUT2D eigenvalue weighted by Crippen LogP contribution is -2.35. The van der Waals surface area contributed by atoms with Crippen LogP contribution in [0.1, 0.15) is 55.4 Å². The molecule has 3 nitrogen and oxygen atoms in total. The summed E-state index contributed by atoms with van der Waals surface area (Å²) in [5.74, 6) is 0.572. The molecule has 1 rings (SSSR count). The third kappa shape index (κ3) is 8.83. The van der Waals surface area contributed by atoms with Gasteiger partial charge in [-0.2, -0.15) is 0 Å². The molecular weight excluding hydrogens is 272 g/mol. The van der Waals surface area contributed by atoms with Gasteiger partial charge in [0, 0.05) is 15.3 Å². The maximum atomic E-state index is 12.3. The lowest BCUT2D eigenvalue weighted by molar-refractivity contribution is -0.126. The molecule has 0 aliphatic rings. The smallest absolute Gasteiger partial charge is 0.223 e. The van der Waals surface area contributed by atoms with Crippen LogP contribution in [0.3, 0.4) is 0 Å². The number of rotatable bonds is 9. The molecule has 0 unspecified atom stereocenters. The molecule has 0 aliphatic carbocycles. The monoisotopic (exact) mass is 310 g/mol. The quantitative estimate of drug-likeness (QED) is 0.669. The summed E-state index contributed by atoms with van der Waals surface area (Å²) in [7, 11) is 0. The normalized spacial score (nSPS) is 11.5. The number of benzene rings is 1. The topological polar surface area (TPSA) is 55.1 Å². The van der Waals surface area contributed by atoms with Crippen molar-refractivity contribution in [1.29, 1.82) is 0 Å². The van der Waals surface area contributed by atoms with Gasteiger partial charge in [-0.3, -0.25) is 4.79 Å². The number of hydrogen-bond acceptors (Lipinski definition) is 2. The third-order valence-electron chi connectivity index (χ3n) is 3.62. The lowest BCUT2D eigenvalue weighted by atomic mass is 9.88. The van der Waals surface area contributed by atoms with Gasteiger partial charge in [-0.05, 0) is 37.3 Å². The fraction of sp³-hybridized carbons (Fsp3) is 0.632. The van der Waals surface area contributed by atoms with E-state index in [1.807, 2.05) is 32.0 Å². The van der Waals surface area contributed by atoms with Gasteiger partial charge in [-0.25, -0.2) is 0 Å². The van der Waals surface area contributed by atoms with Crippen LogP contribution in [0.5, 0.6) is 0 Å². The van der Waals surface area contributed by atoms with Crippen molar-refractivity contribution in [3.63, 3.8) is 0 Å². The van der Waals surface area contributed by atoms with Crippen molar-refractivity contribution < 1.29 is 7.65 Å². The molecule has 0 spiro atoms. The first kappa shape index (κ1) is 20.6. The van der Waals surface area contributed by atoms with Gasteiger partial charge < -0.3 is 11.1 Å². The first-order valence-corrected chi connectivity index (χ1v) is 8.67. The predicted molar refractivity (Wildman–Crippen MR) is 100.0 cm³/mol. The van der Waals surface area contributed by atoms with E-state index in [4.69, 9.17) is 5.73 Å². The van der Waals surface area contributed by atoms with Crippen LogP contribution in [0.4, 0.5) is 0 Å². The van der Waals surface area contributed by atoms with Crippen LogP contribution in [0.25, 0.3) is 0 Å². The summed E-state index contributed by atoms with van der Waals surface area (Å²) in [5.41, 5.74) is 6.68. The Kier molecular flexibility index (Phi) is 12.5. The minimum absolute atomic E-state index is 0. The Balaban J connectivity index is -0.00000106. The van der Waals surface area contributed by atoms with E-state index >= 15 is 0 Å². The summed E-state index contributed by atoms with van der Waals surface area (Å²) in [6.45, 7) is 9.72.